The van der Waals surface area contributed by atoms with E-state index in [0.29, 0.717) is 16.2 Å². The molecule has 0 unspecified atom stereocenters. The minimum absolute atomic E-state index is 0.398. The first-order valence-corrected chi connectivity index (χ1v) is 4.32. The summed E-state index contributed by atoms with van der Waals surface area (Å²) in [5, 5.41) is 0. The monoisotopic (exact) mass is 210 g/mol. The van der Waals surface area contributed by atoms with Crippen LogP contribution in [0, 0.1) is 0 Å². The Balaban J connectivity index is 2.99. The number of methoxy groups -OCH3 is 1. The van der Waals surface area contributed by atoms with Crippen molar-refractivity contribution in [1.29, 1.82) is 0 Å². The number of thiol groups is 1. The standard InChI is InChI=1S/C10H10O3S/c1-3-13-8-5-4-7(6-9(8)14)10(11)12-2/h3-6,14H,1H2,2H3. The lowest BCUT2D eigenvalue weighted by atomic mass is 10.2. The Hall–Kier alpha value is -1.42. The van der Waals surface area contributed by atoms with Crippen LogP contribution in [-0.2, 0) is 4.74 Å². The molecule has 0 fully saturated rings. The predicted molar refractivity (Wildman–Crippen MR) is 55.9 cm³/mol. The molecule has 0 spiro atoms. The molecule has 0 aliphatic heterocycles. The summed E-state index contributed by atoms with van der Waals surface area (Å²) >= 11 is 4.15. The van der Waals surface area contributed by atoms with E-state index in [-0.39, 0.29) is 0 Å². The topological polar surface area (TPSA) is 35.5 Å². The van der Waals surface area contributed by atoms with Crippen molar-refractivity contribution >= 4 is 18.6 Å². The van der Waals surface area contributed by atoms with Gasteiger partial charge in [0.25, 0.3) is 0 Å². The Morgan fingerprint density at radius 2 is 2.29 bits per heavy atom. The van der Waals surface area contributed by atoms with Crippen LogP contribution < -0.4 is 4.74 Å². The fourth-order valence-corrected chi connectivity index (χ4v) is 1.22. The van der Waals surface area contributed by atoms with Crippen molar-refractivity contribution < 1.29 is 14.3 Å². The average Bonchev–Trinajstić information content (AvgIpc) is 2.20. The highest BCUT2D eigenvalue weighted by Gasteiger charge is 2.07. The van der Waals surface area contributed by atoms with Crippen molar-refractivity contribution in [2.24, 2.45) is 0 Å². The van der Waals surface area contributed by atoms with E-state index < -0.39 is 5.97 Å². The maximum Gasteiger partial charge on any atom is 0.337 e. The maximum atomic E-state index is 11.1. The van der Waals surface area contributed by atoms with Gasteiger partial charge >= 0.3 is 5.97 Å². The van der Waals surface area contributed by atoms with Crippen molar-refractivity contribution in [3.05, 3.63) is 36.6 Å². The number of ether oxygens (including phenoxy) is 2. The third kappa shape index (κ3) is 2.29. The van der Waals surface area contributed by atoms with E-state index in [1.807, 2.05) is 0 Å². The number of hydrogen-bond donors (Lipinski definition) is 1. The molecular formula is C10H10O3S. The molecule has 0 aliphatic carbocycles. The van der Waals surface area contributed by atoms with E-state index >= 15 is 0 Å². The molecule has 0 N–H and O–H groups in total. The van der Waals surface area contributed by atoms with E-state index in [1.54, 1.807) is 18.2 Å². The van der Waals surface area contributed by atoms with Crippen molar-refractivity contribution in [1.82, 2.24) is 0 Å². The van der Waals surface area contributed by atoms with Gasteiger partial charge in [-0.3, -0.25) is 0 Å². The maximum absolute atomic E-state index is 11.1. The van der Waals surface area contributed by atoms with E-state index in [2.05, 4.69) is 23.9 Å². The number of carbonyl (C=O) groups excluding carboxylic acids is 1. The zero-order valence-corrected chi connectivity index (χ0v) is 8.58. The average molecular weight is 210 g/mol. The Kier molecular flexibility index (Phi) is 3.59. The molecule has 0 aromatic heterocycles. The summed E-state index contributed by atoms with van der Waals surface area (Å²) in [5.41, 5.74) is 0.439. The quantitative estimate of drug-likeness (QED) is 0.472. The van der Waals surface area contributed by atoms with Gasteiger partial charge in [-0.1, -0.05) is 6.58 Å². The molecule has 0 saturated carbocycles. The molecule has 1 aromatic rings. The van der Waals surface area contributed by atoms with Crippen LogP contribution in [0.15, 0.2) is 35.9 Å². The van der Waals surface area contributed by atoms with Crippen LogP contribution >= 0.6 is 12.6 Å². The number of carbonyl (C=O) groups is 1. The van der Waals surface area contributed by atoms with E-state index in [1.165, 1.54) is 13.4 Å². The van der Waals surface area contributed by atoms with Gasteiger partial charge in [-0.2, -0.15) is 0 Å². The SMILES string of the molecule is C=COc1ccc(C(=O)OC)cc1S. The number of esters is 1. The van der Waals surface area contributed by atoms with Crippen LogP contribution in [0.1, 0.15) is 10.4 Å². The first kappa shape index (κ1) is 10.7. The van der Waals surface area contributed by atoms with Gasteiger partial charge < -0.3 is 9.47 Å². The molecule has 0 amide bonds. The molecule has 3 nitrogen and oxygen atoms in total. The Morgan fingerprint density at radius 1 is 1.57 bits per heavy atom. The summed E-state index contributed by atoms with van der Waals surface area (Å²) in [6, 6.07) is 4.81. The second-order valence-corrected chi connectivity index (χ2v) is 2.94. The van der Waals surface area contributed by atoms with Crippen molar-refractivity contribution in [3.63, 3.8) is 0 Å². The highest BCUT2D eigenvalue weighted by Crippen LogP contribution is 2.24. The van der Waals surface area contributed by atoms with Gasteiger partial charge in [-0.15, -0.1) is 12.6 Å². The molecule has 1 aromatic carbocycles. The van der Waals surface area contributed by atoms with Crippen LogP contribution in [0.25, 0.3) is 0 Å². The third-order valence-corrected chi connectivity index (χ3v) is 1.94. The van der Waals surface area contributed by atoms with Crippen LogP contribution in [0.3, 0.4) is 0 Å². The summed E-state index contributed by atoms with van der Waals surface area (Å²) in [6.07, 6.45) is 1.30. The van der Waals surface area contributed by atoms with Gasteiger partial charge in [-0.05, 0) is 18.2 Å². The Morgan fingerprint density at radius 3 is 2.79 bits per heavy atom. The summed E-state index contributed by atoms with van der Waals surface area (Å²) < 4.78 is 9.60. The lowest BCUT2D eigenvalue weighted by Gasteiger charge is -2.05. The molecule has 0 atom stereocenters. The summed E-state index contributed by atoms with van der Waals surface area (Å²) in [7, 11) is 1.33. The normalized spacial score (nSPS) is 9.29. The molecule has 14 heavy (non-hydrogen) atoms. The van der Waals surface area contributed by atoms with Crippen LogP contribution in [0.2, 0.25) is 0 Å². The number of benzene rings is 1. The summed E-state index contributed by atoms with van der Waals surface area (Å²) in [5.74, 6) is 0.154. The van der Waals surface area contributed by atoms with E-state index in [4.69, 9.17) is 4.74 Å². The second-order valence-electron chi connectivity index (χ2n) is 2.46. The van der Waals surface area contributed by atoms with Gasteiger partial charge in [-0.25, -0.2) is 4.79 Å². The molecule has 74 valence electrons. The minimum atomic E-state index is -0.398. The van der Waals surface area contributed by atoms with Crippen molar-refractivity contribution in [2.45, 2.75) is 4.90 Å². The Bertz CT molecular complexity index is 360. The molecule has 1 rings (SSSR count). The third-order valence-electron chi connectivity index (χ3n) is 1.59. The lowest BCUT2D eigenvalue weighted by molar-refractivity contribution is 0.0600. The highest BCUT2D eigenvalue weighted by molar-refractivity contribution is 7.80. The predicted octanol–water partition coefficient (Wildman–Crippen LogP) is 2.28. The van der Waals surface area contributed by atoms with Gasteiger partial charge in [0.1, 0.15) is 5.75 Å². The molecule has 4 heteroatoms. The van der Waals surface area contributed by atoms with Crippen LogP contribution in [0.5, 0.6) is 5.75 Å². The molecule has 0 bridgehead atoms. The summed E-state index contributed by atoms with van der Waals surface area (Å²) in [4.78, 5) is 11.7. The van der Waals surface area contributed by atoms with Gasteiger partial charge in [0, 0.05) is 4.90 Å². The lowest BCUT2D eigenvalue weighted by Crippen LogP contribution is -2.01. The summed E-state index contributed by atoms with van der Waals surface area (Å²) in [6.45, 7) is 3.42. The molecule has 0 saturated heterocycles. The fraction of sp³-hybridized carbons (Fsp3) is 0.100. The van der Waals surface area contributed by atoms with E-state index in [0.717, 1.165) is 0 Å². The number of hydrogen-bond acceptors (Lipinski definition) is 4. The zero-order chi connectivity index (χ0) is 10.6. The first-order chi connectivity index (χ1) is 6.69. The van der Waals surface area contributed by atoms with Crippen LogP contribution in [0.4, 0.5) is 0 Å². The smallest absolute Gasteiger partial charge is 0.337 e. The number of rotatable bonds is 3. The zero-order valence-electron chi connectivity index (χ0n) is 7.69. The van der Waals surface area contributed by atoms with Crippen molar-refractivity contribution in [3.8, 4) is 5.75 Å². The molecule has 0 radical (unpaired) electrons. The van der Waals surface area contributed by atoms with Gasteiger partial charge in [0.2, 0.25) is 0 Å². The van der Waals surface area contributed by atoms with Crippen LogP contribution in [-0.4, -0.2) is 13.1 Å². The van der Waals surface area contributed by atoms with E-state index in [9.17, 15) is 4.79 Å². The van der Waals surface area contributed by atoms with Crippen molar-refractivity contribution in [2.75, 3.05) is 7.11 Å². The molecule has 0 aliphatic rings. The van der Waals surface area contributed by atoms with Gasteiger partial charge in [0.15, 0.2) is 0 Å². The largest absolute Gasteiger partial charge is 0.465 e. The highest BCUT2D eigenvalue weighted by atomic mass is 32.1. The molecular weight excluding hydrogens is 200 g/mol. The fourth-order valence-electron chi connectivity index (χ4n) is 0.952. The molecule has 0 heterocycles. The second kappa shape index (κ2) is 4.72. The Labute approximate surface area is 87.7 Å². The minimum Gasteiger partial charge on any atom is -0.465 e. The first-order valence-electron chi connectivity index (χ1n) is 3.88. The van der Waals surface area contributed by atoms with Gasteiger partial charge in [0.05, 0.1) is 18.9 Å².